The lowest BCUT2D eigenvalue weighted by Gasteiger charge is -2.29. The zero-order chi connectivity index (χ0) is 18.8. The molecule has 3 aromatic rings. The second-order valence-electron chi connectivity index (χ2n) is 7.22. The molecule has 0 amide bonds. The summed E-state index contributed by atoms with van der Waals surface area (Å²) in [6, 6.07) is 13.9. The third kappa shape index (κ3) is 3.95. The third-order valence-electron chi connectivity index (χ3n) is 5.12. The van der Waals surface area contributed by atoms with Crippen LogP contribution in [-0.4, -0.2) is 46.3 Å². The maximum Gasteiger partial charge on any atom is 0.181 e. The summed E-state index contributed by atoms with van der Waals surface area (Å²) in [5.41, 5.74) is 9.67. The number of nitrogens with two attached hydrogens (primary N) is 1. The minimum atomic E-state index is 0.302. The number of rotatable bonds is 4. The number of H-pyrrole nitrogens is 1. The van der Waals surface area contributed by atoms with Gasteiger partial charge in [0, 0.05) is 29.9 Å². The number of piperidine rings is 1. The van der Waals surface area contributed by atoms with Gasteiger partial charge in [-0.25, -0.2) is 4.98 Å². The summed E-state index contributed by atoms with van der Waals surface area (Å²) in [7, 11) is 2.15. The van der Waals surface area contributed by atoms with E-state index in [1.807, 2.05) is 49.4 Å². The Morgan fingerprint density at radius 3 is 2.48 bits per heavy atom. The van der Waals surface area contributed by atoms with Crippen LogP contribution in [0.3, 0.4) is 0 Å². The summed E-state index contributed by atoms with van der Waals surface area (Å²) < 4.78 is 6.11. The van der Waals surface area contributed by atoms with Crippen molar-refractivity contribution in [2.75, 3.05) is 25.9 Å². The molecule has 0 atom stereocenters. The molecule has 6 heteroatoms. The number of benzene rings is 2. The first-order valence-corrected chi connectivity index (χ1v) is 9.33. The summed E-state index contributed by atoms with van der Waals surface area (Å²) in [6.45, 7) is 4.16. The molecule has 4 rings (SSSR count). The molecule has 0 radical (unpaired) electrons. The Bertz CT molecular complexity index is 911. The van der Waals surface area contributed by atoms with Gasteiger partial charge in [0.1, 0.15) is 11.9 Å². The van der Waals surface area contributed by atoms with Crippen LogP contribution < -0.4 is 10.5 Å². The fourth-order valence-corrected chi connectivity index (χ4v) is 3.29. The van der Waals surface area contributed by atoms with Crippen LogP contribution in [0.1, 0.15) is 18.4 Å². The lowest BCUT2D eigenvalue weighted by Crippen LogP contribution is -2.35. The number of hydrogen-bond donors (Lipinski definition) is 2. The average molecular weight is 363 g/mol. The van der Waals surface area contributed by atoms with Gasteiger partial charge in [-0.05, 0) is 62.7 Å². The SMILES string of the molecule is Cc1ccc(-c2n[nH]c(-c3ccc(OC4CCN(C)CC4)cc3)n2)cc1N. The van der Waals surface area contributed by atoms with Gasteiger partial charge >= 0.3 is 0 Å². The summed E-state index contributed by atoms with van der Waals surface area (Å²) >= 11 is 0. The van der Waals surface area contributed by atoms with E-state index in [-0.39, 0.29) is 0 Å². The maximum atomic E-state index is 6.11. The molecule has 0 saturated carbocycles. The predicted molar refractivity (Wildman–Crippen MR) is 108 cm³/mol. The van der Waals surface area contributed by atoms with Crippen LogP contribution in [0.15, 0.2) is 42.5 Å². The number of hydrogen-bond acceptors (Lipinski definition) is 5. The number of aromatic nitrogens is 3. The Morgan fingerprint density at radius 1 is 1.07 bits per heavy atom. The maximum absolute atomic E-state index is 6.11. The normalized spacial score (nSPS) is 15.8. The Kier molecular flexibility index (Phi) is 4.81. The minimum Gasteiger partial charge on any atom is -0.490 e. The lowest BCUT2D eigenvalue weighted by molar-refractivity contribution is 0.114. The molecule has 0 spiro atoms. The first-order chi connectivity index (χ1) is 13.1. The molecule has 0 aliphatic carbocycles. The molecular weight excluding hydrogens is 338 g/mol. The van der Waals surface area contributed by atoms with Gasteiger partial charge in [-0.3, -0.25) is 5.10 Å². The van der Waals surface area contributed by atoms with Gasteiger partial charge in [0.05, 0.1) is 0 Å². The smallest absolute Gasteiger partial charge is 0.181 e. The monoisotopic (exact) mass is 363 g/mol. The van der Waals surface area contributed by atoms with Crippen molar-refractivity contribution in [3.05, 3.63) is 48.0 Å². The van der Waals surface area contributed by atoms with E-state index >= 15 is 0 Å². The molecule has 27 heavy (non-hydrogen) atoms. The Labute approximate surface area is 159 Å². The van der Waals surface area contributed by atoms with Gasteiger partial charge < -0.3 is 15.4 Å². The first kappa shape index (κ1) is 17.5. The molecule has 2 aromatic carbocycles. The molecule has 140 valence electrons. The van der Waals surface area contributed by atoms with E-state index in [9.17, 15) is 0 Å². The van der Waals surface area contributed by atoms with Crippen molar-refractivity contribution in [3.8, 4) is 28.5 Å². The number of anilines is 1. The number of aryl methyl sites for hydroxylation is 1. The highest BCUT2D eigenvalue weighted by Crippen LogP contribution is 2.25. The van der Waals surface area contributed by atoms with Gasteiger partial charge in [0.15, 0.2) is 11.6 Å². The number of likely N-dealkylation sites (tertiary alicyclic amines) is 1. The molecule has 6 nitrogen and oxygen atoms in total. The number of nitrogens with zero attached hydrogens (tertiary/aromatic N) is 3. The van der Waals surface area contributed by atoms with Crippen LogP contribution >= 0.6 is 0 Å². The van der Waals surface area contributed by atoms with Crippen LogP contribution in [-0.2, 0) is 0 Å². The number of nitrogens with one attached hydrogen (secondary N) is 1. The summed E-state index contributed by atoms with van der Waals surface area (Å²) in [6.07, 6.45) is 2.45. The van der Waals surface area contributed by atoms with Crippen molar-refractivity contribution < 1.29 is 4.74 Å². The van der Waals surface area contributed by atoms with Crippen LogP contribution in [0.2, 0.25) is 0 Å². The van der Waals surface area contributed by atoms with Crippen molar-refractivity contribution in [2.45, 2.75) is 25.9 Å². The molecule has 1 aliphatic heterocycles. The second-order valence-corrected chi connectivity index (χ2v) is 7.22. The second kappa shape index (κ2) is 7.40. The van der Waals surface area contributed by atoms with Crippen LogP contribution in [0.5, 0.6) is 5.75 Å². The van der Waals surface area contributed by atoms with E-state index in [0.29, 0.717) is 11.9 Å². The largest absolute Gasteiger partial charge is 0.490 e. The van der Waals surface area contributed by atoms with Crippen molar-refractivity contribution in [1.82, 2.24) is 20.1 Å². The zero-order valence-corrected chi connectivity index (χ0v) is 15.8. The number of ether oxygens (including phenoxy) is 1. The lowest BCUT2D eigenvalue weighted by atomic mass is 10.1. The highest BCUT2D eigenvalue weighted by atomic mass is 16.5. The summed E-state index contributed by atoms with van der Waals surface area (Å²) in [5, 5.41) is 7.34. The van der Waals surface area contributed by atoms with Gasteiger partial charge in [-0.2, -0.15) is 5.10 Å². The quantitative estimate of drug-likeness (QED) is 0.694. The van der Waals surface area contributed by atoms with Gasteiger partial charge in [-0.15, -0.1) is 0 Å². The van der Waals surface area contributed by atoms with E-state index < -0.39 is 0 Å². The number of nitrogen functional groups attached to an aromatic ring is 1. The van der Waals surface area contributed by atoms with E-state index in [1.54, 1.807) is 0 Å². The summed E-state index contributed by atoms with van der Waals surface area (Å²) in [4.78, 5) is 6.95. The summed E-state index contributed by atoms with van der Waals surface area (Å²) in [5.74, 6) is 2.28. The molecule has 1 aliphatic rings. The van der Waals surface area contributed by atoms with Crippen molar-refractivity contribution in [2.24, 2.45) is 0 Å². The topological polar surface area (TPSA) is 80.1 Å². The molecule has 1 saturated heterocycles. The Balaban J connectivity index is 1.46. The Morgan fingerprint density at radius 2 is 1.78 bits per heavy atom. The molecular formula is C21H25N5O. The molecule has 1 fully saturated rings. The predicted octanol–water partition coefficient (Wildman–Crippen LogP) is 3.50. The molecule has 0 bridgehead atoms. The zero-order valence-electron chi connectivity index (χ0n) is 15.8. The fourth-order valence-electron chi connectivity index (χ4n) is 3.29. The number of aromatic amines is 1. The first-order valence-electron chi connectivity index (χ1n) is 9.33. The van der Waals surface area contributed by atoms with E-state index in [0.717, 1.165) is 59.9 Å². The minimum absolute atomic E-state index is 0.302. The van der Waals surface area contributed by atoms with Crippen molar-refractivity contribution in [1.29, 1.82) is 0 Å². The van der Waals surface area contributed by atoms with Gasteiger partial charge in [-0.1, -0.05) is 12.1 Å². The van der Waals surface area contributed by atoms with E-state index in [2.05, 4.69) is 27.1 Å². The Hall–Kier alpha value is -2.86. The van der Waals surface area contributed by atoms with Gasteiger partial charge in [0.25, 0.3) is 0 Å². The standard InChI is InChI=1S/C21H25N5O/c1-14-3-4-16(13-19(14)22)21-23-20(24-25-21)15-5-7-17(8-6-15)27-18-9-11-26(2)12-10-18/h3-8,13,18H,9-12,22H2,1-2H3,(H,23,24,25). The highest BCUT2D eigenvalue weighted by molar-refractivity contribution is 5.66. The highest BCUT2D eigenvalue weighted by Gasteiger charge is 2.18. The van der Waals surface area contributed by atoms with Gasteiger partial charge in [0.2, 0.25) is 0 Å². The van der Waals surface area contributed by atoms with Crippen molar-refractivity contribution in [3.63, 3.8) is 0 Å². The van der Waals surface area contributed by atoms with Crippen LogP contribution in [0.4, 0.5) is 5.69 Å². The van der Waals surface area contributed by atoms with Crippen molar-refractivity contribution >= 4 is 5.69 Å². The third-order valence-corrected chi connectivity index (χ3v) is 5.12. The molecule has 1 aromatic heterocycles. The molecule has 3 N–H and O–H groups in total. The van der Waals surface area contributed by atoms with E-state index in [1.165, 1.54) is 0 Å². The molecule has 0 unspecified atom stereocenters. The van der Waals surface area contributed by atoms with Crippen LogP contribution in [0.25, 0.3) is 22.8 Å². The van der Waals surface area contributed by atoms with E-state index in [4.69, 9.17) is 10.5 Å². The average Bonchev–Trinajstić information content (AvgIpc) is 3.17. The molecule has 2 heterocycles. The van der Waals surface area contributed by atoms with Crippen LogP contribution in [0, 0.1) is 6.92 Å². The fraction of sp³-hybridized carbons (Fsp3) is 0.333.